The van der Waals surface area contributed by atoms with Gasteiger partial charge in [0.2, 0.25) is 0 Å². The smallest absolute Gasteiger partial charge is 0.270 e. The van der Waals surface area contributed by atoms with Crippen molar-refractivity contribution in [3.05, 3.63) is 27.9 Å². The molecule has 0 radical (unpaired) electrons. The molecule has 1 aromatic rings. The predicted molar refractivity (Wildman–Crippen MR) is 86.3 cm³/mol. The molecule has 1 aliphatic rings. The summed E-state index contributed by atoms with van der Waals surface area (Å²) in [5.74, 6) is 0.807. The summed E-state index contributed by atoms with van der Waals surface area (Å²) in [6.07, 6.45) is 2.78. The second-order valence-electron chi connectivity index (χ2n) is 5.07. The Morgan fingerprint density at radius 3 is 3.00 bits per heavy atom. The Morgan fingerprint density at radius 1 is 1.50 bits per heavy atom. The predicted octanol–water partition coefficient (Wildman–Crippen LogP) is 0.0850. The standard InChI is InChI=1S/C14H22N4O3S/c1-22-10-12-16-11(9-13(19)17-12)14(20)15-3-2-4-18-5-7-21-8-6-18/h9H,2-8,10H2,1H3,(H,15,20)(H,16,17,19). The fourth-order valence-electron chi connectivity index (χ4n) is 2.25. The number of ether oxygens (including phenoxy) is 1. The van der Waals surface area contributed by atoms with Crippen molar-refractivity contribution in [3.63, 3.8) is 0 Å². The normalized spacial score (nSPS) is 15.7. The highest BCUT2D eigenvalue weighted by Gasteiger charge is 2.11. The summed E-state index contributed by atoms with van der Waals surface area (Å²) in [5.41, 5.74) is -0.114. The number of carbonyl (C=O) groups is 1. The van der Waals surface area contributed by atoms with Gasteiger partial charge in [-0.05, 0) is 19.2 Å². The zero-order chi connectivity index (χ0) is 15.8. The van der Waals surface area contributed by atoms with Crippen molar-refractivity contribution < 1.29 is 9.53 Å². The largest absolute Gasteiger partial charge is 0.379 e. The van der Waals surface area contributed by atoms with Gasteiger partial charge in [0, 0.05) is 25.7 Å². The number of hydrogen-bond acceptors (Lipinski definition) is 6. The van der Waals surface area contributed by atoms with Gasteiger partial charge in [-0.2, -0.15) is 11.8 Å². The summed E-state index contributed by atoms with van der Waals surface area (Å²) < 4.78 is 5.29. The van der Waals surface area contributed by atoms with Gasteiger partial charge in [-0.3, -0.25) is 14.5 Å². The quantitative estimate of drug-likeness (QED) is 0.690. The molecule has 0 aromatic carbocycles. The molecule has 0 unspecified atom stereocenters. The van der Waals surface area contributed by atoms with E-state index in [1.165, 1.54) is 6.07 Å². The van der Waals surface area contributed by atoms with Crippen LogP contribution in [0.5, 0.6) is 0 Å². The maximum atomic E-state index is 12.0. The Labute approximate surface area is 133 Å². The maximum absolute atomic E-state index is 12.0. The van der Waals surface area contributed by atoms with E-state index in [4.69, 9.17) is 4.74 Å². The Bertz CT molecular complexity index is 543. The van der Waals surface area contributed by atoms with Gasteiger partial charge in [0.05, 0.1) is 19.0 Å². The molecule has 2 N–H and O–H groups in total. The lowest BCUT2D eigenvalue weighted by Gasteiger charge is -2.26. The van der Waals surface area contributed by atoms with E-state index in [1.54, 1.807) is 11.8 Å². The lowest BCUT2D eigenvalue weighted by Crippen LogP contribution is -2.38. The number of thioether (sulfide) groups is 1. The molecule has 22 heavy (non-hydrogen) atoms. The van der Waals surface area contributed by atoms with Crippen molar-refractivity contribution in [1.82, 2.24) is 20.2 Å². The van der Waals surface area contributed by atoms with Crippen LogP contribution in [0, 0.1) is 0 Å². The van der Waals surface area contributed by atoms with Crippen LogP contribution in [-0.2, 0) is 10.5 Å². The molecule has 0 saturated carbocycles. The van der Waals surface area contributed by atoms with E-state index >= 15 is 0 Å². The Balaban J connectivity index is 1.78. The number of nitrogens with one attached hydrogen (secondary N) is 2. The minimum atomic E-state index is -0.296. The molecule has 0 aliphatic carbocycles. The van der Waals surface area contributed by atoms with E-state index in [2.05, 4.69) is 20.2 Å². The van der Waals surface area contributed by atoms with Crippen molar-refractivity contribution in [2.75, 3.05) is 45.6 Å². The molecule has 0 spiro atoms. The minimum absolute atomic E-state index is 0.180. The summed E-state index contributed by atoms with van der Waals surface area (Å²) in [5, 5.41) is 2.82. The first-order chi connectivity index (χ1) is 10.7. The number of rotatable bonds is 7. The number of morpholine rings is 1. The molecule has 7 nitrogen and oxygen atoms in total. The summed E-state index contributed by atoms with van der Waals surface area (Å²) in [6.45, 7) is 4.96. The number of aromatic nitrogens is 2. The minimum Gasteiger partial charge on any atom is -0.379 e. The van der Waals surface area contributed by atoms with Gasteiger partial charge in [-0.15, -0.1) is 0 Å². The lowest BCUT2D eigenvalue weighted by molar-refractivity contribution is 0.0374. The van der Waals surface area contributed by atoms with Crippen LogP contribution in [0.2, 0.25) is 0 Å². The molecule has 1 amide bonds. The molecule has 8 heteroatoms. The fourth-order valence-corrected chi connectivity index (χ4v) is 2.66. The van der Waals surface area contributed by atoms with Gasteiger partial charge < -0.3 is 15.0 Å². The average Bonchev–Trinajstić information content (AvgIpc) is 2.52. The van der Waals surface area contributed by atoms with Gasteiger partial charge in [-0.25, -0.2) is 4.98 Å². The molecule has 2 heterocycles. The molecular formula is C14H22N4O3S. The summed E-state index contributed by atoms with van der Waals surface area (Å²) >= 11 is 1.54. The molecule has 122 valence electrons. The topological polar surface area (TPSA) is 87.3 Å². The van der Waals surface area contributed by atoms with Crippen LogP contribution in [-0.4, -0.2) is 66.4 Å². The van der Waals surface area contributed by atoms with Crippen LogP contribution in [0.25, 0.3) is 0 Å². The van der Waals surface area contributed by atoms with Crippen LogP contribution in [0.4, 0.5) is 0 Å². The highest BCUT2D eigenvalue weighted by Crippen LogP contribution is 2.02. The number of nitrogens with zero attached hydrogens (tertiary/aromatic N) is 2. The van der Waals surface area contributed by atoms with Crippen molar-refractivity contribution in [3.8, 4) is 0 Å². The van der Waals surface area contributed by atoms with Crippen LogP contribution in [0.3, 0.4) is 0 Å². The van der Waals surface area contributed by atoms with E-state index in [0.717, 1.165) is 39.3 Å². The third-order valence-electron chi connectivity index (χ3n) is 3.34. The molecular weight excluding hydrogens is 304 g/mol. The van der Waals surface area contributed by atoms with Crippen molar-refractivity contribution in [2.45, 2.75) is 12.2 Å². The SMILES string of the molecule is CSCc1nc(C(=O)NCCCN2CCOCC2)cc(=O)[nH]1. The molecule has 1 saturated heterocycles. The van der Waals surface area contributed by atoms with Crippen molar-refractivity contribution in [2.24, 2.45) is 0 Å². The summed E-state index contributed by atoms with van der Waals surface area (Å²) in [4.78, 5) is 32.7. The molecule has 0 bridgehead atoms. The second-order valence-corrected chi connectivity index (χ2v) is 5.94. The van der Waals surface area contributed by atoms with Crippen LogP contribution in [0.15, 0.2) is 10.9 Å². The first-order valence-electron chi connectivity index (χ1n) is 7.36. The highest BCUT2D eigenvalue weighted by atomic mass is 32.2. The number of carbonyl (C=O) groups excluding carboxylic acids is 1. The second kappa shape index (κ2) is 8.92. The zero-order valence-electron chi connectivity index (χ0n) is 12.8. The third-order valence-corrected chi connectivity index (χ3v) is 3.91. The molecule has 1 aliphatic heterocycles. The third kappa shape index (κ3) is 5.43. The van der Waals surface area contributed by atoms with Crippen LogP contribution < -0.4 is 10.9 Å². The van der Waals surface area contributed by atoms with Gasteiger partial charge >= 0.3 is 0 Å². The molecule has 2 rings (SSSR count). The fraction of sp³-hybridized carbons (Fsp3) is 0.643. The van der Waals surface area contributed by atoms with Gasteiger partial charge in [0.15, 0.2) is 0 Å². The highest BCUT2D eigenvalue weighted by molar-refractivity contribution is 7.97. The van der Waals surface area contributed by atoms with E-state index in [1.807, 2.05) is 6.26 Å². The van der Waals surface area contributed by atoms with Crippen LogP contribution in [0.1, 0.15) is 22.7 Å². The average molecular weight is 326 g/mol. The Morgan fingerprint density at radius 2 is 2.27 bits per heavy atom. The van der Waals surface area contributed by atoms with Crippen molar-refractivity contribution in [1.29, 1.82) is 0 Å². The zero-order valence-corrected chi connectivity index (χ0v) is 13.6. The van der Waals surface area contributed by atoms with E-state index in [9.17, 15) is 9.59 Å². The van der Waals surface area contributed by atoms with Crippen LogP contribution >= 0.6 is 11.8 Å². The first-order valence-corrected chi connectivity index (χ1v) is 8.76. The number of hydrogen-bond donors (Lipinski definition) is 2. The van der Waals surface area contributed by atoms with E-state index in [-0.39, 0.29) is 17.2 Å². The monoisotopic (exact) mass is 326 g/mol. The summed E-state index contributed by atoms with van der Waals surface area (Å²) in [6, 6.07) is 1.24. The molecule has 0 atom stereocenters. The van der Waals surface area contributed by atoms with E-state index in [0.29, 0.717) is 18.1 Å². The van der Waals surface area contributed by atoms with Gasteiger partial charge in [0.25, 0.3) is 11.5 Å². The number of amides is 1. The van der Waals surface area contributed by atoms with E-state index < -0.39 is 0 Å². The summed E-state index contributed by atoms with van der Waals surface area (Å²) in [7, 11) is 0. The first kappa shape index (κ1) is 17.0. The Kier molecular flexibility index (Phi) is 6.88. The van der Waals surface area contributed by atoms with Gasteiger partial charge in [-0.1, -0.05) is 0 Å². The maximum Gasteiger partial charge on any atom is 0.270 e. The van der Waals surface area contributed by atoms with Crippen molar-refractivity contribution >= 4 is 17.7 Å². The number of H-pyrrole nitrogens is 1. The lowest BCUT2D eigenvalue weighted by atomic mass is 10.3. The molecule has 1 fully saturated rings. The Hall–Kier alpha value is -1.38. The number of aromatic amines is 1. The molecule has 1 aromatic heterocycles. The van der Waals surface area contributed by atoms with Gasteiger partial charge in [0.1, 0.15) is 11.5 Å².